The summed E-state index contributed by atoms with van der Waals surface area (Å²) in [5.74, 6) is -0.406. The van der Waals surface area contributed by atoms with Crippen LogP contribution in [0, 0.1) is 11.3 Å². The Labute approximate surface area is 125 Å². The van der Waals surface area contributed by atoms with Gasteiger partial charge in [-0.15, -0.1) is 0 Å². The average Bonchev–Trinajstić information content (AvgIpc) is 2.80. The quantitative estimate of drug-likeness (QED) is 0.887. The van der Waals surface area contributed by atoms with Gasteiger partial charge in [-0.3, -0.25) is 9.59 Å². The molecule has 0 aliphatic heterocycles. The second-order valence-electron chi connectivity index (χ2n) is 4.38. The molecule has 0 spiro atoms. The summed E-state index contributed by atoms with van der Waals surface area (Å²) >= 11 is 1.35. The number of rotatable bonds is 5. The number of thiazole rings is 1. The Morgan fingerprint density at radius 1 is 1.33 bits per heavy atom. The monoisotopic (exact) mass is 302 g/mol. The molecule has 0 aliphatic rings. The molecule has 2 N–H and O–H groups in total. The van der Waals surface area contributed by atoms with E-state index in [4.69, 9.17) is 5.26 Å². The summed E-state index contributed by atoms with van der Waals surface area (Å²) in [6, 6.07) is 7.05. The molecular weight excluding hydrogens is 288 g/mol. The van der Waals surface area contributed by atoms with Crippen LogP contribution in [0.3, 0.4) is 0 Å². The second kappa shape index (κ2) is 6.81. The Bertz CT molecular complexity index is 717. The molecule has 1 aromatic carbocycles. The van der Waals surface area contributed by atoms with Crippen molar-refractivity contribution in [1.82, 2.24) is 4.98 Å². The molecular formula is C14H14N4O2S. The largest absolute Gasteiger partial charge is 0.325 e. The molecule has 108 valence electrons. The van der Waals surface area contributed by atoms with Gasteiger partial charge in [0.1, 0.15) is 6.42 Å². The summed E-state index contributed by atoms with van der Waals surface area (Å²) in [7, 11) is 0. The maximum atomic E-state index is 11.5. The number of carbonyl (C=O) groups excluding carboxylic acids is 2. The smallest absolute Gasteiger partial charge is 0.238 e. The normalized spacial score (nSPS) is 10.1. The standard InChI is InChI=1S/C14H14N4O2S/c1-2-3-12(19)18-14-17-10-5-4-9(8-11(10)21-14)16-13(20)6-7-15/h4-5,8H,2-3,6H2,1H3,(H,16,20)(H,17,18,19). The van der Waals surface area contributed by atoms with Gasteiger partial charge in [0, 0.05) is 12.1 Å². The molecule has 0 fully saturated rings. The van der Waals surface area contributed by atoms with Crippen LogP contribution in [0.1, 0.15) is 26.2 Å². The molecule has 1 heterocycles. The van der Waals surface area contributed by atoms with Gasteiger partial charge in [0.2, 0.25) is 11.8 Å². The van der Waals surface area contributed by atoms with E-state index in [1.54, 1.807) is 24.3 Å². The van der Waals surface area contributed by atoms with Crippen LogP contribution < -0.4 is 10.6 Å². The first-order chi connectivity index (χ1) is 10.1. The van der Waals surface area contributed by atoms with Crippen LogP contribution in [0.5, 0.6) is 0 Å². The van der Waals surface area contributed by atoms with Crippen LogP contribution in [0.15, 0.2) is 18.2 Å². The van der Waals surface area contributed by atoms with Crippen LogP contribution in [0.4, 0.5) is 10.8 Å². The van der Waals surface area contributed by atoms with Gasteiger partial charge >= 0.3 is 0 Å². The fraction of sp³-hybridized carbons (Fsp3) is 0.286. The van der Waals surface area contributed by atoms with Gasteiger partial charge < -0.3 is 10.6 Å². The Morgan fingerprint density at radius 3 is 2.86 bits per heavy atom. The number of nitrogens with one attached hydrogen (secondary N) is 2. The van der Waals surface area contributed by atoms with Crippen molar-refractivity contribution in [2.75, 3.05) is 10.6 Å². The minimum Gasteiger partial charge on any atom is -0.325 e. The molecule has 0 saturated carbocycles. The summed E-state index contributed by atoms with van der Waals surface area (Å²) in [5, 5.41) is 14.4. The summed E-state index contributed by atoms with van der Waals surface area (Å²) in [5.41, 5.74) is 1.36. The van der Waals surface area contributed by atoms with Gasteiger partial charge in [-0.25, -0.2) is 4.98 Å². The van der Waals surface area contributed by atoms with E-state index in [0.717, 1.165) is 16.6 Å². The first kappa shape index (κ1) is 14.9. The number of benzene rings is 1. The summed E-state index contributed by atoms with van der Waals surface area (Å²) < 4.78 is 0.858. The number of hydrogen-bond acceptors (Lipinski definition) is 5. The van der Waals surface area contributed by atoms with Crippen LogP contribution in [-0.2, 0) is 9.59 Å². The fourth-order valence-electron chi connectivity index (χ4n) is 1.74. The van der Waals surface area contributed by atoms with Gasteiger partial charge in [0.25, 0.3) is 0 Å². The fourth-order valence-corrected chi connectivity index (χ4v) is 2.66. The third-order valence-corrected chi connectivity index (χ3v) is 3.57. The van der Waals surface area contributed by atoms with Crippen molar-refractivity contribution in [3.8, 4) is 6.07 Å². The topological polar surface area (TPSA) is 94.9 Å². The van der Waals surface area contributed by atoms with Crippen molar-refractivity contribution in [2.24, 2.45) is 0 Å². The molecule has 21 heavy (non-hydrogen) atoms. The van der Waals surface area contributed by atoms with Crippen LogP contribution in [0.2, 0.25) is 0 Å². The van der Waals surface area contributed by atoms with Crippen LogP contribution >= 0.6 is 11.3 Å². The number of nitrogens with zero attached hydrogens (tertiary/aromatic N) is 2. The van der Waals surface area contributed by atoms with Crippen LogP contribution in [0.25, 0.3) is 10.2 Å². The van der Waals surface area contributed by atoms with E-state index in [9.17, 15) is 9.59 Å². The van der Waals surface area contributed by atoms with Gasteiger partial charge in [-0.2, -0.15) is 5.26 Å². The first-order valence-electron chi connectivity index (χ1n) is 6.49. The van der Waals surface area contributed by atoms with E-state index in [1.807, 2.05) is 6.92 Å². The molecule has 0 atom stereocenters. The molecule has 2 amide bonds. The number of hydrogen-bond donors (Lipinski definition) is 2. The Hall–Kier alpha value is -2.46. The van der Waals surface area contributed by atoms with E-state index in [2.05, 4.69) is 15.6 Å². The Balaban J connectivity index is 2.14. The van der Waals surface area contributed by atoms with Crippen molar-refractivity contribution in [3.05, 3.63) is 18.2 Å². The number of fused-ring (bicyclic) bond motifs is 1. The molecule has 7 heteroatoms. The van der Waals surface area contributed by atoms with Crippen LogP contribution in [-0.4, -0.2) is 16.8 Å². The summed E-state index contributed by atoms with van der Waals surface area (Å²) in [6.07, 6.45) is 1.07. The number of nitriles is 1. The highest BCUT2D eigenvalue weighted by atomic mass is 32.1. The van der Waals surface area contributed by atoms with Crippen molar-refractivity contribution in [1.29, 1.82) is 5.26 Å². The van der Waals surface area contributed by atoms with Crippen molar-refractivity contribution >= 4 is 44.2 Å². The average molecular weight is 302 g/mol. The highest BCUT2D eigenvalue weighted by Gasteiger charge is 2.08. The molecule has 2 aromatic rings. The van der Waals surface area contributed by atoms with Crippen molar-refractivity contribution in [3.63, 3.8) is 0 Å². The van der Waals surface area contributed by atoms with Crippen molar-refractivity contribution < 1.29 is 9.59 Å². The zero-order valence-electron chi connectivity index (χ0n) is 11.5. The predicted molar refractivity (Wildman–Crippen MR) is 82.0 cm³/mol. The summed E-state index contributed by atoms with van der Waals surface area (Å²) in [4.78, 5) is 27.2. The third-order valence-electron chi connectivity index (χ3n) is 2.64. The molecule has 0 radical (unpaired) electrons. The zero-order chi connectivity index (χ0) is 15.2. The highest BCUT2D eigenvalue weighted by molar-refractivity contribution is 7.22. The van der Waals surface area contributed by atoms with E-state index < -0.39 is 0 Å². The SMILES string of the molecule is CCCC(=O)Nc1nc2ccc(NC(=O)CC#N)cc2s1. The molecule has 0 saturated heterocycles. The lowest BCUT2D eigenvalue weighted by Crippen LogP contribution is -2.09. The lowest BCUT2D eigenvalue weighted by Gasteiger charge is -2.01. The van der Waals surface area contributed by atoms with E-state index in [0.29, 0.717) is 17.2 Å². The molecule has 0 bridgehead atoms. The third kappa shape index (κ3) is 4.00. The number of amides is 2. The van der Waals surface area contributed by atoms with Gasteiger partial charge in [0.05, 0.1) is 16.3 Å². The minimum atomic E-state index is -0.349. The first-order valence-corrected chi connectivity index (χ1v) is 7.31. The maximum Gasteiger partial charge on any atom is 0.238 e. The summed E-state index contributed by atoms with van der Waals surface area (Å²) in [6.45, 7) is 1.94. The maximum absolute atomic E-state index is 11.5. The van der Waals surface area contributed by atoms with Gasteiger partial charge in [-0.05, 0) is 24.6 Å². The zero-order valence-corrected chi connectivity index (χ0v) is 12.3. The lowest BCUT2D eigenvalue weighted by molar-refractivity contribution is -0.116. The van der Waals surface area contributed by atoms with Gasteiger partial charge in [-0.1, -0.05) is 18.3 Å². The highest BCUT2D eigenvalue weighted by Crippen LogP contribution is 2.28. The van der Waals surface area contributed by atoms with E-state index in [-0.39, 0.29) is 18.2 Å². The number of anilines is 2. The lowest BCUT2D eigenvalue weighted by atomic mass is 10.3. The second-order valence-corrected chi connectivity index (χ2v) is 5.41. The van der Waals surface area contributed by atoms with Gasteiger partial charge in [0.15, 0.2) is 5.13 Å². The molecule has 0 aliphatic carbocycles. The molecule has 1 aromatic heterocycles. The Morgan fingerprint density at radius 2 is 2.14 bits per heavy atom. The molecule has 6 nitrogen and oxygen atoms in total. The van der Waals surface area contributed by atoms with Crippen molar-refractivity contribution in [2.45, 2.75) is 26.2 Å². The number of carbonyl (C=O) groups is 2. The molecule has 0 unspecified atom stereocenters. The van der Waals surface area contributed by atoms with E-state index >= 15 is 0 Å². The number of aromatic nitrogens is 1. The molecule has 2 rings (SSSR count). The van der Waals surface area contributed by atoms with E-state index in [1.165, 1.54) is 11.3 Å². The minimum absolute atomic E-state index is 0.0564. The predicted octanol–water partition coefficient (Wildman–Crippen LogP) is 2.89. The Kier molecular flexibility index (Phi) is 4.85.